The number of hydrogen-bond acceptors (Lipinski definition) is 8. The number of rotatable bonds is 4. The summed E-state index contributed by atoms with van der Waals surface area (Å²) < 4.78 is 7.91. The second-order valence-electron chi connectivity index (χ2n) is 7.93. The van der Waals surface area contributed by atoms with Crippen molar-refractivity contribution in [2.75, 3.05) is 24.5 Å². The Balaban J connectivity index is 1.46. The van der Waals surface area contributed by atoms with Crippen molar-refractivity contribution in [1.82, 2.24) is 40.2 Å². The molecule has 31 heavy (non-hydrogen) atoms. The minimum atomic E-state index is 0.372. The molecule has 160 valence electrons. The van der Waals surface area contributed by atoms with Gasteiger partial charge in [-0.15, -0.1) is 10.2 Å². The third-order valence-corrected chi connectivity index (χ3v) is 5.55. The van der Waals surface area contributed by atoms with Gasteiger partial charge in [-0.3, -0.25) is 4.68 Å². The Kier molecular flexibility index (Phi) is 4.78. The molecule has 0 saturated carbocycles. The van der Waals surface area contributed by atoms with Crippen LogP contribution in [-0.2, 0) is 7.05 Å². The molecular formula is C21H25N9O. The average Bonchev–Trinajstić information content (AvgIpc) is 3.33. The monoisotopic (exact) mass is 419 g/mol. The van der Waals surface area contributed by atoms with Crippen LogP contribution in [-0.4, -0.2) is 60.6 Å². The van der Waals surface area contributed by atoms with Crippen LogP contribution in [0.5, 0.6) is 11.6 Å². The number of piperazine rings is 1. The van der Waals surface area contributed by atoms with Crippen LogP contribution in [0.4, 0.5) is 5.82 Å². The molecule has 0 radical (unpaired) electrons. The molecule has 0 aliphatic carbocycles. The van der Waals surface area contributed by atoms with Gasteiger partial charge in [-0.1, -0.05) is 0 Å². The largest absolute Gasteiger partial charge is 0.435 e. The van der Waals surface area contributed by atoms with E-state index in [0.717, 1.165) is 47.8 Å². The van der Waals surface area contributed by atoms with Crippen LogP contribution in [0.2, 0.25) is 0 Å². The van der Waals surface area contributed by atoms with Crippen LogP contribution in [0.3, 0.4) is 0 Å². The first-order chi connectivity index (χ1) is 15.0. The highest BCUT2D eigenvalue weighted by Crippen LogP contribution is 2.32. The summed E-state index contributed by atoms with van der Waals surface area (Å²) in [6, 6.07) is 4.18. The Morgan fingerprint density at radius 3 is 2.77 bits per heavy atom. The molecule has 5 rings (SSSR count). The number of aromatic amines is 1. The van der Waals surface area contributed by atoms with Crippen molar-refractivity contribution in [3.63, 3.8) is 0 Å². The number of nitrogens with zero attached hydrogens (tertiary/aromatic N) is 7. The molecule has 1 aliphatic heterocycles. The van der Waals surface area contributed by atoms with Crippen LogP contribution in [0.25, 0.3) is 22.6 Å². The predicted octanol–water partition coefficient (Wildman–Crippen LogP) is 2.36. The van der Waals surface area contributed by atoms with Crippen molar-refractivity contribution in [3.8, 4) is 23.0 Å². The molecule has 10 nitrogen and oxygen atoms in total. The summed E-state index contributed by atoms with van der Waals surface area (Å²) in [5, 5.41) is 16.5. The molecule has 2 N–H and O–H groups in total. The van der Waals surface area contributed by atoms with Crippen LogP contribution in [0, 0.1) is 13.8 Å². The van der Waals surface area contributed by atoms with Crippen LogP contribution in [0.1, 0.15) is 18.2 Å². The van der Waals surface area contributed by atoms with E-state index in [-0.39, 0.29) is 0 Å². The van der Waals surface area contributed by atoms with Crippen molar-refractivity contribution in [3.05, 3.63) is 35.8 Å². The van der Waals surface area contributed by atoms with Gasteiger partial charge in [-0.05, 0) is 26.8 Å². The van der Waals surface area contributed by atoms with E-state index < -0.39 is 0 Å². The molecule has 4 aromatic heterocycles. The number of aryl methyl sites for hydroxylation is 3. The molecule has 0 bridgehead atoms. The number of imidazole rings is 1. The number of H-pyrrole nitrogens is 1. The van der Waals surface area contributed by atoms with E-state index >= 15 is 0 Å². The fraction of sp³-hybridized carbons (Fsp3) is 0.381. The zero-order valence-electron chi connectivity index (χ0n) is 18.0. The Labute approximate surface area is 179 Å². The summed E-state index contributed by atoms with van der Waals surface area (Å²) in [6.07, 6.45) is 3.68. The first kappa shape index (κ1) is 19.4. The van der Waals surface area contributed by atoms with Crippen molar-refractivity contribution in [2.24, 2.45) is 7.05 Å². The second kappa shape index (κ2) is 7.62. The van der Waals surface area contributed by atoms with E-state index in [1.54, 1.807) is 10.9 Å². The number of hydrogen-bond donors (Lipinski definition) is 2. The molecule has 0 spiro atoms. The molecule has 4 aromatic rings. The molecule has 5 heterocycles. The number of anilines is 1. The maximum atomic E-state index is 6.14. The first-order valence-electron chi connectivity index (χ1n) is 10.3. The van der Waals surface area contributed by atoms with Crippen LogP contribution >= 0.6 is 0 Å². The second-order valence-corrected chi connectivity index (χ2v) is 7.93. The quantitative estimate of drug-likeness (QED) is 0.519. The number of ether oxygens (including phenoxy) is 1. The summed E-state index contributed by atoms with van der Waals surface area (Å²) in [7, 11) is 1.89. The Hall–Kier alpha value is -3.53. The summed E-state index contributed by atoms with van der Waals surface area (Å²) in [5.74, 6) is 2.63. The maximum absolute atomic E-state index is 6.14. The van der Waals surface area contributed by atoms with Crippen LogP contribution in [0.15, 0.2) is 24.5 Å². The van der Waals surface area contributed by atoms with Crippen molar-refractivity contribution in [2.45, 2.75) is 26.8 Å². The van der Waals surface area contributed by atoms with E-state index in [0.29, 0.717) is 29.1 Å². The van der Waals surface area contributed by atoms with E-state index in [2.05, 4.69) is 47.4 Å². The number of nitrogens with one attached hydrogen (secondary N) is 2. The summed E-state index contributed by atoms with van der Waals surface area (Å²) in [4.78, 5) is 14.7. The average molecular weight is 419 g/mol. The van der Waals surface area contributed by atoms with Gasteiger partial charge in [0.15, 0.2) is 17.2 Å². The molecular weight excluding hydrogens is 394 g/mol. The van der Waals surface area contributed by atoms with E-state index in [1.807, 2.05) is 39.2 Å². The SMILES string of the molecule is Cc1cnc2nc(-c3cn(C)nc3C)[nH]c2c1Oc1ccc(N2CCNC[C@@H]2C)nn1. The first-order valence-corrected chi connectivity index (χ1v) is 10.3. The van der Waals surface area contributed by atoms with Gasteiger partial charge < -0.3 is 19.9 Å². The zero-order chi connectivity index (χ0) is 21.5. The smallest absolute Gasteiger partial charge is 0.239 e. The van der Waals surface area contributed by atoms with Gasteiger partial charge in [0.25, 0.3) is 0 Å². The maximum Gasteiger partial charge on any atom is 0.239 e. The third kappa shape index (κ3) is 3.59. The highest BCUT2D eigenvalue weighted by atomic mass is 16.5. The molecule has 10 heteroatoms. The summed E-state index contributed by atoms with van der Waals surface area (Å²) in [5.41, 5.74) is 4.01. The molecule has 0 amide bonds. The molecule has 1 aliphatic rings. The molecule has 1 atom stereocenters. The Morgan fingerprint density at radius 1 is 1.19 bits per heavy atom. The summed E-state index contributed by atoms with van der Waals surface area (Å²) in [6.45, 7) is 8.86. The van der Waals surface area contributed by atoms with Crippen molar-refractivity contribution < 1.29 is 4.74 Å². The van der Waals surface area contributed by atoms with Crippen molar-refractivity contribution in [1.29, 1.82) is 0 Å². The lowest BCUT2D eigenvalue weighted by molar-refractivity contribution is 0.452. The molecule has 1 fully saturated rings. The van der Waals surface area contributed by atoms with Gasteiger partial charge in [0, 0.05) is 56.7 Å². The zero-order valence-corrected chi connectivity index (χ0v) is 18.0. The van der Waals surface area contributed by atoms with Crippen LogP contribution < -0.4 is 15.0 Å². The van der Waals surface area contributed by atoms with Gasteiger partial charge in [0.2, 0.25) is 5.88 Å². The fourth-order valence-corrected chi connectivity index (χ4v) is 3.93. The molecule has 1 saturated heterocycles. The Bertz CT molecular complexity index is 1230. The molecule has 0 aromatic carbocycles. The number of fused-ring (bicyclic) bond motifs is 1. The summed E-state index contributed by atoms with van der Waals surface area (Å²) >= 11 is 0. The van der Waals surface area contributed by atoms with Gasteiger partial charge in [0.05, 0.1) is 11.3 Å². The van der Waals surface area contributed by atoms with Gasteiger partial charge in [0.1, 0.15) is 11.3 Å². The standard InChI is InChI=1S/C21H25N9O/c1-12-9-23-21-18(24-20(25-21)15-11-29(4)28-14(15)3)19(12)31-17-6-5-16(26-27-17)30-8-7-22-10-13(30)2/h5-6,9,11,13,22H,7-8,10H2,1-4H3,(H,23,24,25)/t13-/m0/s1. The van der Waals surface area contributed by atoms with Gasteiger partial charge >= 0.3 is 0 Å². The fourth-order valence-electron chi connectivity index (χ4n) is 3.93. The number of aromatic nitrogens is 7. The van der Waals surface area contributed by atoms with Gasteiger partial charge in [-0.25, -0.2) is 9.97 Å². The Morgan fingerprint density at radius 2 is 2.06 bits per heavy atom. The predicted molar refractivity (Wildman–Crippen MR) is 117 cm³/mol. The van der Waals surface area contributed by atoms with Gasteiger partial charge in [-0.2, -0.15) is 5.10 Å². The minimum absolute atomic E-state index is 0.372. The molecule has 0 unspecified atom stereocenters. The normalized spacial score (nSPS) is 16.8. The highest BCUT2D eigenvalue weighted by molar-refractivity contribution is 5.83. The number of pyridine rings is 1. The minimum Gasteiger partial charge on any atom is -0.435 e. The van der Waals surface area contributed by atoms with E-state index in [1.165, 1.54) is 0 Å². The third-order valence-electron chi connectivity index (χ3n) is 5.55. The highest BCUT2D eigenvalue weighted by Gasteiger charge is 2.20. The lowest BCUT2D eigenvalue weighted by Crippen LogP contribution is -2.50. The van der Waals surface area contributed by atoms with E-state index in [4.69, 9.17) is 4.74 Å². The van der Waals surface area contributed by atoms with E-state index in [9.17, 15) is 0 Å². The topological polar surface area (TPSA) is 110 Å². The van der Waals surface area contributed by atoms with Crippen molar-refractivity contribution >= 4 is 17.0 Å². The lowest BCUT2D eigenvalue weighted by Gasteiger charge is -2.34. The lowest BCUT2D eigenvalue weighted by atomic mass is 10.2.